The molecule has 0 aromatic carbocycles. The molecule has 0 radical (unpaired) electrons. The first kappa shape index (κ1) is 7.17. The third-order valence-corrected chi connectivity index (χ3v) is 4.82. The minimum atomic E-state index is 0.703. The Morgan fingerprint density at radius 3 is 3.08 bits per heavy atom. The van der Waals surface area contributed by atoms with Gasteiger partial charge in [-0.15, -0.1) is 0 Å². The summed E-state index contributed by atoms with van der Waals surface area (Å²) in [4.78, 5) is 0. The molecule has 0 aromatic heterocycles. The number of hydrogen-bond acceptors (Lipinski definition) is 0. The zero-order valence-electron chi connectivity index (χ0n) is 8.14. The lowest BCUT2D eigenvalue weighted by atomic mass is 9.73. The molecule has 4 atom stereocenters. The van der Waals surface area contributed by atoms with Crippen LogP contribution in [0.2, 0.25) is 0 Å². The second-order valence-corrected chi connectivity index (χ2v) is 5.40. The fourth-order valence-corrected chi connectivity index (χ4v) is 4.31. The van der Waals surface area contributed by atoms with E-state index in [2.05, 4.69) is 19.9 Å². The van der Waals surface area contributed by atoms with Crippen LogP contribution in [0.3, 0.4) is 0 Å². The predicted molar refractivity (Wildman–Crippen MR) is 50.8 cm³/mol. The van der Waals surface area contributed by atoms with Gasteiger partial charge < -0.3 is 0 Å². The molecule has 0 amide bonds. The summed E-state index contributed by atoms with van der Waals surface area (Å²) in [6.07, 6.45) is 8.58. The maximum Gasteiger partial charge on any atom is -0.00789 e. The molecular weight excluding hydrogens is 144 g/mol. The molecule has 12 heavy (non-hydrogen) atoms. The highest BCUT2D eigenvalue weighted by Gasteiger charge is 2.56. The minimum absolute atomic E-state index is 0.703. The van der Waals surface area contributed by atoms with Gasteiger partial charge in [0.05, 0.1) is 0 Å². The minimum Gasteiger partial charge on any atom is -0.0791 e. The normalized spacial score (nSPS) is 55.8. The Morgan fingerprint density at radius 2 is 2.33 bits per heavy atom. The lowest BCUT2D eigenvalue weighted by Crippen LogP contribution is -2.24. The average molecular weight is 162 g/mol. The van der Waals surface area contributed by atoms with Gasteiger partial charge >= 0.3 is 0 Å². The van der Waals surface area contributed by atoms with Crippen LogP contribution in [0.15, 0.2) is 11.6 Å². The Hall–Kier alpha value is -0.260. The van der Waals surface area contributed by atoms with E-state index in [0.29, 0.717) is 5.41 Å². The SMILES string of the molecule is CC1=CC23CCC(C2)C(C)C3C1. The highest BCUT2D eigenvalue weighted by molar-refractivity contribution is 5.25. The summed E-state index contributed by atoms with van der Waals surface area (Å²) >= 11 is 0. The molecule has 1 spiro atoms. The van der Waals surface area contributed by atoms with Crippen LogP contribution in [0, 0.1) is 23.2 Å². The van der Waals surface area contributed by atoms with E-state index in [9.17, 15) is 0 Å². The monoisotopic (exact) mass is 162 g/mol. The highest BCUT2D eigenvalue weighted by atomic mass is 14.6. The van der Waals surface area contributed by atoms with Crippen LogP contribution in [0.25, 0.3) is 0 Å². The van der Waals surface area contributed by atoms with Gasteiger partial charge in [-0.3, -0.25) is 0 Å². The lowest BCUT2D eigenvalue weighted by Gasteiger charge is -2.31. The second-order valence-electron chi connectivity index (χ2n) is 5.40. The van der Waals surface area contributed by atoms with E-state index in [1.165, 1.54) is 25.7 Å². The molecule has 0 nitrogen and oxygen atoms in total. The lowest BCUT2D eigenvalue weighted by molar-refractivity contribution is 0.201. The quantitative estimate of drug-likeness (QED) is 0.479. The summed E-state index contributed by atoms with van der Waals surface area (Å²) in [5.41, 5.74) is 2.38. The molecule has 0 heteroatoms. The van der Waals surface area contributed by atoms with Gasteiger partial charge in [-0.2, -0.15) is 0 Å². The van der Waals surface area contributed by atoms with Crippen LogP contribution in [0.4, 0.5) is 0 Å². The van der Waals surface area contributed by atoms with Crippen LogP contribution < -0.4 is 0 Å². The largest absolute Gasteiger partial charge is 0.0791 e. The fraction of sp³-hybridized carbons (Fsp3) is 0.833. The highest BCUT2D eigenvalue weighted by Crippen LogP contribution is 2.65. The maximum atomic E-state index is 2.63. The molecule has 0 aliphatic heterocycles. The van der Waals surface area contributed by atoms with Crippen molar-refractivity contribution >= 4 is 0 Å². The molecule has 0 heterocycles. The van der Waals surface area contributed by atoms with E-state index in [1.54, 1.807) is 5.57 Å². The Bertz CT molecular complexity index is 251. The molecule has 3 aliphatic rings. The van der Waals surface area contributed by atoms with Crippen molar-refractivity contribution in [2.75, 3.05) is 0 Å². The summed E-state index contributed by atoms with van der Waals surface area (Å²) in [5, 5.41) is 0. The number of allylic oxidation sites excluding steroid dienone is 2. The smallest absolute Gasteiger partial charge is 0.00789 e. The topological polar surface area (TPSA) is 0 Å². The van der Waals surface area contributed by atoms with Crippen molar-refractivity contribution in [2.24, 2.45) is 23.2 Å². The van der Waals surface area contributed by atoms with Gasteiger partial charge in [0.1, 0.15) is 0 Å². The summed E-state index contributed by atoms with van der Waals surface area (Å²) < 4.78 is 0. The number of fused-ring (bicyclic) bond motifs is 1. The number of hydrogen-bond donors (Lipinski definition) is 0. The first-order chi connectivity index (χ1) is 5.71. The van der Waals surface area contributed by atoms with Gasteiger partial charge in [0.2, 0.25) is 0 Å². The van der Waals surface area contributed by atoms with Gasteiger partial charge in [0.25, 0.3) is 0 Å². The predicted octanol–water partition coefficient (Wildman–Crippen LogP) is 3.39. The molecule has 3 aliphatic carbocycles. The standard InChI is InChI=1S/C12H18/c1-8-5-11-9(2)10-3-4-12(11,6-8)7-10/h6,9-11H,3-5,7H2,1-2H3. The van der Waals surface area contributed by atoms with Crippen molar-refractivity contribution in [1.29, 1.82) is 0 Å². The second kappa shape index (κ2) is 1.97. The fourth-order valence-electron chi connectivity index (χ4n) is 4.31. The zero-order valence-corrected chi connectivity index (χ0v) is 8.14. The van der Waals surface area contributed by atoms with E-state index >= 15 is 0 Å². The summed E-state index contributed by atoms with van der Waals surface area (Å²) in [7, 11) is 0. The van der Waals surface area contributed by atoms with Crippen LogP contribution in [0.5, 0.6) is 0 Å². The van der Waals surface area contributed by atoms with Gasteiger partial charge in [-0.25, -0.2) is 0 Å². The first-order valence-electron chi connectivity index (χ1n) is 5.40. The average Bonchev–Trinajstić information content (AvgIpc) is 2.60. The van der Waals surface area contributed by atoms with Crippen molar-refractivity contribution in [2.45, 2.75) is 39.5 Å². The van der Waals surface area contributed by atoms with E-state index < -0.39 is 0 Å². The Kier molecular flexibility index (Phi) is 1.18. The Balaban J connectivity index is 2.04. The van der Waals surface area contributed by atoms with Crippen molar-refractivity contribution in [1.82, 2.24) is 0 Å². The van der Waals surface area contributed by atoms with E-state index in [-0.39, 0.29) is 0 Å². The van der Waals surface area contributed by atoms with Crippen molar-refractivity contribution in [3.05, 3.63) is 11.6 Å². The van der Waals surface area contributed by atoms with Crippen molar-refractivity contribution < 1.29 is 0 Å². The first-order valence-corrected chi connectivity index (χ1v) is 5.40. The van der Waals surface area contributed by atoms with Gasteiger partial charge in [-0.1, -0.05) is 18.6 Å². The van der Waals surface area contributed by atoms with E-state index in [1.807, 2.05) is 0 Å². The zero-order chi connectivity index (χ0) is 8.34. The van der Waals surface area contributed by atoms with Crippen molar-refractivity contribution in [3.63, 3.8) is 0 Å². The molecule has 4 unspecified atom stereocenters. The molecule has 0 saturated heterocycles. The van der Waals surface area contributed by atoms with Gasteiger partial charge in [-0.05, 0) is 55.8 Å². The third kappa shape index (κ3) is 0.654. The van der Waals surface area contributed by atoms with E-state index in [4.69, 9.17) is 0 Å². The molecular formula is C12H18. The van der Waals surface area contributed by atoms with Gasteiger partial charge in [0, 0.05) is 0 Å². The van der Waals surface area contributed by atoms with Crippen LogP contribution in [-0.2, 0) is 0 Å². The molecule has 66 valence electrons. The summed E-state index contributed by atoms with van der Waals surface area (Å²) in [6.45, 7) is 4.82. The van der Waals surface area contributed by atoms with E-state index in [0.717, 1.165) is 17.8 Å². The molecule has 3 rings (SSSR count). The molecule has 0 N–H and O–H groups in total. The maximum absolute atomic E-state index is 2.63. The van der Waals surface area contributed by atoms with Crippen LogP contribution in [-0.4, -0.2) is 0 Å². The van der Waals surface area contributed by atoms with Crippen LogP contribution in [0.1, 0.15) is 39.5 Å². The Labute approximate surface area is 75.0 Å². The summed E-state index contributed by atoms with van der Waals surface area (Å²) in [6, 6.07) is 0. The van der Waals surface area contributed by atoms with Crippen molar-refractivity contribution in [3.8, 4) is 0 Å². The van der Waals surface area contributed by atoms with Gasteiger partial charge in [0.15, 0.2) is 0 Å². The third-order valence-electron chi connectivity index (χ3n) is 4.82. The summed E-state index contributed by atoms with van der Waals surface area (Å²) in [5.74, 6) is 3.14. The molecule has 0 aromatic rings. The molecule has 2 saturated carbocycles. The molecule has 2 fully saturated rings. The van der Waals surface area contributed by atoms with Crippen LogP contribution >= 0.6 is 0 Å². The molecule has 2 bridgehead atoms. The Morgan fingerprint density at radius 1 is 1.50 bits per heavy atom. The number of rotatable bonds is 0.